The van der Waals surface area contributed by atoms with Crippen molar-refractivity contribution in [3.8, 4) is 5.75 Å². The minimum atomic E-state index is -0.335. The molecule has 3 N–H and O–H groups in total. The monoisotopic (exact) mass is 323 g/mol. The van der Waals surface area contributed by atoms with Gasteiger partial charge in [-0.05, 0) is 25.1 Å². The normalized spacial score (nSPS) is 10.8. The first-order valence-corrected chi connectivity index (χ1v) is 6.07. The summed E-state index contributed by atoms with van der Waals surface area (Å²) >= 11 is 3.29. The molecule has 98 valence electrons. The Bertz CT molecular complexity index is 683. The van der Waals surface area contributed by atoms with E-state index in [0.29, 0.717) is 5.56 Å². The highest BCUT2D eigenvalue weighted by Gasteiger charge is 2.00. The zero-order valence-electron chi connectivity index (χ0n) is 9.88. The van der Waals surface area contributed by atoms with Crippen LogP contribution in [0, 0.1) is 6.92 Å². The van der Waals surface area contributed by atoms with E-state index in [1.807, 2.05) is 0 Å². The predicted octanol–water partition coefficient (Wildman–Crippen LogP) is 1.39. The number of hydrogen-bond acceptors (Lipinski definition) is 6. The van der Waals surface area contributed by atoms with Crippen molar-refractivity contribution in [3.05, 3.63) is 44.3 Å². The SMILES string of the molecule is Cc1nnc(N/N=C/c2cc(Br)ccc2O)[nH]c1=O. The number of halogens is 1. The number of hydrazone groups is 1. The van der Waals surface area contributed by atoms with Gasteiger partial charge in [0.2, 0.25) is 5.95 Å². The van der Waals surface area contributed by atoms with Gasteiger partial charge in [0.1, 0.15) is 11.4 Å². The van der Waals surface area contributed by atoms with Gasteiger partial charge in [-0.25, -0.2) is 5.43 Å². The molecule has 0 aliphatic rings. The molecule has 0 aliphatic heterocycles. The van der Waals surface area contributed by atoms with Crippen molar-refractivity contribution in [1.82, 2.24) is 15.2 Å². The number of nitrogens with one attached hydrogen (secondary N) is 2. The number of phenols is 1. The number of rotatable bonds is 3. The van der Waals surface area contributed by atoms with Gasteiger partial charge >= 0.3 is 0 Å². The van der Waals surface area contributed by atoms with Crippen LogP contribution in [-0.2, 0) is 0 Å². The summed E-state index contributed by atoms with van der Waals surface area (Å²) in [7, 11) is 0. The second-order valence-corrected chi connectivity index (χ2v) is 4.58. The van der Waals surface area contributed by atoms with Crippen molar-refractivity contribution >= 4 is 28.1 Å². The minimum Gasteiger partial charge on any atom is -0.507 e. The molecule has 1 heterocycles. The number of hydrogen-bond donors (Lipinski definition) is 3. The number of H-pyrrole nitrogens is 1. The van der Waals surface area contributed by atoms with Crippen LogP contribution in [0.25, 0.3) is 0 Å². The van der Waals surface area contributed by atoms with E-state index in [4.69, 9.17) is 0 Å². The molecule has 1 aromatic carbocycles. The summed E-state index contributed by atoms with van der Waals surface area (Å²) < 4.78 is 0.815. The molecule has 0 amide bonds. The zero-order chi connectivity index (χ0) is 13.8. The van der Waals surface area contributed by atoms with Gasteiger partial charge in [0.15, 0.2) is 0 Å². The molecule has 0 aliphatic carbocycles. The maximum atomic E-state index is 11.3. The number of aromatic nitrogens is 3. The summed E-state index contributed by atoms with van der Waals surface area (Å²) in [6, 6.07) is 4.95. The van der Waals surface area contributed by atoms with Gasteiger partial charge in [-0.3, -0.25) is 9.78 Å². The van der Waals surface area contributed by atoms with Gasteiger partial charge in [-0.2, -0.15) is 5.10 Å². The van der Waals surface area contributed by atoms with Gasteiger partial charge in [0, 0.05) is 10.0 Å². The van der Waals surface area contributed by atoms with Crippen LogP contribution < -0.4 is 11.0 Å². The first-order chi connectivity index (χ1) is 9.06. The van der Waals surface area contributed by atoms with Crippen molar-refractivity contribution in [1.29, 1.82) is 0 Å². The summed E-state index contributed by atoms with van der Waals surface area (Å²) in [6.07, 6.45) is 1.40. The number of aryl methyl sites for hydroxylation is 1. The largest absolute Gasteiger partial charge is 0.507 e. The molecule has 8 heteroatoms. The number of phenolic OH excluding ortho intramolecular Hbond substituents is 1. The van der Waals surface area contributed by atoms with E-state index in [1.54, 1.807) is 25.1 Å². The van der Waals surface area contributed by atoms with Gasteiger partial charge in [0.25, 0.3) is 5.56 Å². The Morgan fingerprint density at radius 1 is 1.47 bits per heavy atom. The Hall–Kier alpha value is -2.22. The standard InChI is InChI=1S/C11H10BrN5O2/c1-6-10(19)14-11(17-15-6)16-13-5-7-4-8(12)2-3-9(7)18/h2-5,18H,1H3,(H2,14,16,17,19)/b13-5+. The molecule has 0 fully saturated rings. The number of aromatic amines is 1. The van der Waals surface area contributed by atoms with E-state index in [-0.39, 0.29) is 23.0 Å². The third-order valence-corrected chi connectivity index (χ3v) is 2.72. The fraction of sp³-hybridized carbons (Fsp3) is 0.0909. The number of aromatic hydroxyl groups is 1. The molecule has 0 bridgehead atoms. The Kier molecular flexibility index (Phi) is 3.91. The lowest BCUT2D eigenvalue weighted by molar-refractivity contribution is 0.474. The van der Waals surface area contributed by atoms with Crippen LogP contribution in [0.1, 0.15) is 11.3 Å². The maximum Gasteiger partial charge on any atom is 0.274 e. The molecule has 0 spiro atoms. The molecular weight excluding hydrogens is 314 g/mol. The molecule has 0 radical (unpaired) electrons. The molecule has 2 aromatic rings. The summed E-state index contributed by atoms with van der Waals surface area (Å²) in [6.45, 7) is 1.55. The predicted molar refractivity (Wildman–Crippen MR) is 74.4 cm³/mol. The fourth-order valence-electron chi connectivity index (χ4n) is 1.24. The van der Waals surface area contributed by atoms with Crippen molar-refractivity contribution in [2.75, 3.05) is 5.43 Å². The number of benzene rings is 1. The van der Waals surface area contributed by atoms with Gasteiger partial charge in [-0.15, -0.1) is 10.2 Å². The maximum absolute atomic E-state index is 11.3. The third kappa shape index (κ3) is 3.38. The highest BCUT2D eigenvalue weighted by Crippen LogP contribution is 2.19. The summed E-state index contributed by atoms with van der Waals surface area (Å²) in [5, 5.41) is 20.8. The molecule has 7 nitrogen and oxygen atoms in total. The highest BCUT2D eigenvalue weighted by molar-refractivity contribution is 9.10. The molecule has 2 rings (SSSR count). The third-order valence-electron chi connectivity index (χ3n) is 2.22. The van der Waals surface area contributed by atoms with Crippen LogP contribution in [0.3, 0.4) is 0 Å². The van der Waals surface area contributed by atoms with Crippen molar-refractivity contribution < 1.29 is 5.11 Å². The van der Waals surface area contributed by atoms with Crippen molar-refractivity contribution in [3.63, 3.8) is 0 Å². The van der Waals surface area contributed by atoms with Crippen molar-refractivity contribution in [2.45, 2.75) is 6.92 Å². The second kappa shape index (κ2) is 5.61. The second-order valence-electron chi connectivity index (χ2n) is 3.66. The van der Waals surface area contributed by atoms with E-state index in [1.165, 1.54) is 6.21 Å². The Balaban J connectivity index is 2.13. The summed E-state index contributed by atoms with van der Waals surface area (Å²) in [5.74, 6) is 0.221. The van der Waals surface area contributed by atoms with E-state index in [2.05, 4.69) is 41.6 Å². The van der Waals surface area contributed by atoms with Crippen LogP contribution in [0.4, 0.5) is 5.95 Å². The molecule has 0 unspecified atom stereocenters. The average Bonchev–Trinajstić information content (AvgIpc) is 2.38. The topological polar surface area (TPSA) is 103 Å². The first-order valence-electron chi connectivity index (χ1n) is 5.27. The summed E-state index contributed by atoms with van der Waals surface area (Å²) in [4.78, 5) is 13.7. The van der Waals surface area contributed by atoms with Crippen LogP contribution in [0.15, 0.2) is 32.6 Å². The molecule has 0 saturated heterocycles. The number of anilines is 1. The minimum absolute atomic E-state index is 0.0947. The van der Waals surface area contributed by atoms with Gasteiger partial charge in [-0.1, -0.05) is 15.9 Å². The summed E-state index contributed by atoms with van der Waals surface area (Å²) in [5.41, 5.74) is 2.98. The number of nitrogens with zero attached hydrogens (tertiary/aromatic N) is 3. The van der Waals surface area contributed by atoms with Gasteiger partial charge in [0.05, 0.1) is 6.21 Å². The lowest BCUT2D eigenvalue weighted by atomic mass is 10.2. The Labute approximate surface area is 116 Å². The Morgan fingerprint density at radius 3 is 3.00 bits per heavy atom. The fourth-order valence-corrected chi connectivity index (χ4v) is 1.61. The van der Waals surface area contributed by atoms with Crippen LogP contribution >= 0.6 is 15.9 Å². The van der Waals surface area contributed by atoms with Crippen LogP contribution in [-0.4, -0.2) is 26.5 Å². The molecular formula is C11H10BrN5O2. The highest BCUT2D eigenvalue weighted by atomic mass is 79.9. The lowest BCUT2D eigenvalue weighted by Crippen LogP contribution is -2.15. The van der Waals surface area contributed by atoms with Gasteiger partial charge < -0.3 is 5.11 Å². The van der Waals surface area contributed by atoms with E-state index in [0.717, 1.165) is 4.47 Å². The van der Waals surface area contributed by atoms with E-state index >= 15 is 0 Å². The average molecular weight is 324 g/mol. The van der Waals surface area contributed by atoms with Crippen molar-refractivity contribution in [2.24, 2.45) is 5.10 Å². The lowest BCUT2D eigenvalue weighted by Gasteiger charge is -2.00. The molecule has 0 saturated carbocycles. The van der Waals surface area contributed by atoms with E-state index in [9.17, 15) is 9.90 Å². The van der Waals surface area contributed by atoms with Crippen LogP contribution in [0.2, 0.25) is 0 Å². The van der Waals surface area contributed by atoms with Crippen LogP contribution in [0.5, 0.6) is 5.75 Å². The van der Waals surface area contributed by atoms with E-state index < -0.39 is 0 Å². The zero-order valence-corrected chi connectivity index (χ0v) is 11.5. The molecule has 19 heavy (non-hydrogen) atoms. The Morgan fingerprint density at radius 2 is 2.26 bits per heavy atom. The molecule has 1 aromatic heterocycles. The first kappa shape index (κ1) is 13.2. The smallest absolute Gasteiger partial charge is 0.274 e. The quantitative estimate of drug-likeness (QED) is 0.585. The molecule has 0 atom stereocenters.